The molecule has 3 heteroatoms. The molecule has 100 valence electrons. The number of aliphatic carboxylic acids is 1. The molecular formula is C17H15NO2. The molecule has 0 aliphatic carbocycles. The first-order valence-electron chi connectivity index (χ1n) is 6.56. The largest absolute Gasteiger partial charge is 0.478 e. The Kier molecular flexibility index (Phi) is 3.25. The smallest absolute Gasteiger partial charge is 0.333 e. The van der Waals surface area contributed by atoms with Crippen LogP contribution in [0.25, 0.3) is 6.08 Å². The number of para-hydroxylation sites is 1. The minimum Gasteiger partial charge on any atom is -0.478 e. The summed E-state index contributed by atoms with van der Waals surface area (Å²) in [6.45, 7) is 1.14. The molecule has 0 saturated carbocycles. The van der Waals surface area contributed by atoms with Gasteiger partial charge in [-0.3, -0.25) is 0 Å². The number of rotatable bonds is 3. The van der Waals surface area contributed by atoms with Gasteiger partial charge in [0.1, 0.15) is 0 Å². The fraction of sp³-hybridized carbons (Fsp3) is 0.118. The molecule has 0 saturated heterocycles. The summed E-state index contributed by atoms with van der Waals surface area (Å²) < 4.78 is 0. The van der Waals surface area contributed by atoms with Crippen molar-refractivity contribution in [1.82, 2.24) is 0 Å². The van der Waals surface area contributed by atoms with Gasteiger partial charge in [0.05, 0.1) is 12.1 Å². The van der Waals surface area contributed by atoms with E-state index in [1.165, 1.54) is 5.56 Å². The van der Waals surface area contributed by atoms with E-state index in [-0.39, 0.29) is 0 Å². The number of hydrogen-bond donors (Lipinski definition) is 1. The van der Waals surface area contributed by atoms with Crippen LogP contribution in [0.3, 0.4) is 0 Å². The average molecular weight is 265 g/mol. The highest BCUT2D eigenvalue weighted by Gasteiger charge is 2.21. The number of nitrogens with zero attached hydrogens (tertiary/aromatic N) is 1. The Morgan fingerprint density at radius 1 is 1.05 bits per heavy atom. The van der Waals surface area contributed by atoms with Crippen molar-refractivity contribution in [3.63, 3.8) is 0 Å². The molecule has 1 N–H and O–H groups in total. The molecule has 0 atom stereocenters. The van der Waals surface area contributed by atoms with E-state index in [0.717, 1.165) is 11.3 Å². The lowest BCUT2D eigenvalue weighted by Crippen LogP contribution is -2.30. The third kappa shape index (κ3) is 2.43. The number of anilines is 1. The minimum atomic E-state index is -0.849. The van der Waals surface area contributed by atoms with E-state index >= 15 is 0 Å². The summed E-state index contributed by atoms with van der Waals surface area (Å²) in [4.78, 5) is 13.4. The first-order chi connectivity index (χ1) is 9.74. The van der Waals surface area contributed by atoms with Crippen LogP contribution in [0.2, 0.25) is 0 Å². The van der Waals surface area contributed by atoms with Gasteiger partial charge in [0.2, 0.25) is 0 Å². The second-order valence-electron chi connectivity index (χ2n) is 4.88. The number of hydrogen-bond acceptors (Lipinski definition) is 2. The van der Waals surface area contributed by atoms with Crippen molar-refractivity contribution in [2.24, 2.45) is 0 Å². The van der Waals surface area contributed by atoms with Gasteiger partial charge in [-0.2, -0.15) is 0 Å². The molecule has 0 aromatic heterocycles. The first kappa shape index (κ1) is 12.5. The SMILES string of the molecule is O=C(O)C1=Cc2ccccc2N(Cc2ccccc2)C1. The maximum Gasteiger partial charge on any atom is 0.333 e. The molecule has 0 radical (unpaired) electrons. The number of carboxylic acid groups (broad SMARTS) is 1. The van der Waals surface area contributed by atoms with Crippen molar-refractivity contribution in [1.29, 1.82) is 0 Å². The highest BCUT2D eigenvalue weighted by molar-refractivity contribution is 5.96. The van der Waals surface area contributed by atoms with E-state index in [1.807, 2.05) is 42.5 Å². The Morgan fingerprint density at radius 3 is 2.50 bits per heavy atom. The lowest BCUT2D eigenvalue weighted by atomic mass is 10.0. The van der Waals surface area contributed by atoms with Crippen molar-refractivity contribution in [3.8, 4) is 0 Å². The van der Waals surface area contributed by atoms with Gasteiger partial charge < -0.3 is 10.0 Å². The van der Waals surface area contributed by atoms with Gasteiger partial charge in [0.15, 0.2) is 0 Å². The summed E-state index contributed by atoms with van der Waals surface area (Å²) in [5, 5.41) is 9.25. The Bertz CT molecular complexity index is 662. The molecule has 20 heavy (non-hydrogen) atoms. The number of fused-ring (bicyclic) bond motifs is 1. The summed E-state index contributed by atoms with van der Waals surface area (Å²) in [5.74, 6) is -0.849. The van der Waals surface area contributed by atoms with Crippen LogP contribution >= 0.6 is 0 Å². The van der Waals surface area contributed by atoms with E-state index in [2.05, 4.69) is 17.0 Å². The van der Waals surface area contributed by atoms with Crippen molar-refractivity contribution >= 4 is 17.7 Å². The standard InChI is InChI=1S/C17H15NO2/c19-17(20)15-10-14-8-4-5-9-16(14)18(12-15)11-13-6-2-1-3-7-13/h1-10H,11-12H2,(H,19,20). The molecule has 1 heterocycles. The summed E-state index contributed by atoms with van der Waals surface area (Å²) >= 11 is 0. The average Bonchev–Trinajstić information content (AvgIpc) is 2.48. The van der Waals surface area contributed by atoms with Gasteiger partial charge in [0, 0.05) is 12.2 Å². The molecule has 3 rings (SSSR count). The van der Waals surface area contributed by atoms with Crippen LogP contribution in [0.4, 0.5) is 5.69 Å². The topological polar surface area (TPSA) is 40.5 Å². The monoisotopic (exact) mass is 265 g/mol. The van der Waals surface area contributed by atoms with Crippen molar-refractivity contribution in [3.05, 3.63) is 71.3 Å². The van der Waals surface area contributed by atoms with E-state index in [9.17, 15) is 9.90 Å². The van der Waals surface area contributed by atoms with E-state index in [4.69, 9.17) is 0 Å². The van der Waals surface area contributed by atoms with Gasteiger partial charge in [-0.15, -0.1) is 0 Å². The Morgan fingerprint density at radius 2 is 1.75 bits per heavy atom. The molecule has 2 aromatic rings. The zero-order valence-corrected chi connectivity index (χ0v) is 11.0. The normalized spacial score (nSPS) is 13.6. The third-order valence-corrected chi connectivity index (χ3v) is 3.46. The number of carbonyl (C=O) groups is 1. The van der Waals surface area contributed by atoms with Gasteiger partial charge >= 0.3 is 5.97 Å². The molecular weight excluding hydrogens is 250 g/mol. The molecule has 1 aliphatic rings. The van der Waals surface area contributed by atoms with E-state index in [0.29, 0.717) is 18.7 Å². The predicted octanol–water partition coefficient (Wildman–Crippen LogP) is 3.17. The zero-order valence-electron chi connectivity index (χ0n) is 11.0. The van der Waals surface area contributed by atoms with Gasteiger partial charge in [-0.1, -0.05) is 48.5 Å². The van der Waals surface area contributed by atoms with Gasteiger partial charge in [0.25, 0.3) is 0 Å². The highest BCUT2D eigenvalue weighted by Crippen LogP contribution is 2.29. The maximum atomic E-state index is 11.3. The van der Waals surface area contributed by atoms with Gasteiger partial charge in [-0.25, -0.2) is 4.79 Å². The molecule has 0 bridgehead atoms. The lowest BCUT2D eigenvalue weighted by molar-refractivity contribution is -0.132. The van der Waals surface area contributed by atoms with Crippen LogP contribution in [0.15, 0.2) is 60.2 Å². The lowest BCUT2D eigenvalue weighted by Gasteiger charge is -2.30. The molecule has 0 fully saturated rings. The van der Waals surface area contributed by atoms with E-state index < -0.39 is 5.97 Å². The fourth-order valence-electron chi connectivity index (χ4n) is 2.50. The summed E-state index contributed by atoms with van der Waals surface area (Å²) in [7, 11) is 0. The zero-order chi connectivity index (χ0) is 13.9. The van der Waals surface area contributed by atoms with Crippen LogP contribution in [-0.4, -0.2) is 17.6 Å². The molecule has 2 aromatic carbocycles. The number of carboxylic acids is 1. The van der Waals surface area contributed by atoms with Crippen LogP contribution in [-0.2, 0) is 11.3 Å². The quantitative estimate of drug-likeness (QED) is 0.926. The highest BCUT2D eigenvalue weighted by atomic mass is 16.4. The van der Waals surface area contributed by atoms with Gasteiger partial charge in [-0.05, 0) is 23.3 Å². The summed E-state index contributed by atoms with van der Waals surface area (Å²) in [5.41, 5.74) is 3.65. The maximum absolute atomic E-state index is 11.3. The van der Waals surface area contributed by atoms with Crippen molar-refractivity contribution < 1.29 is 9.90 Å². The summed E-state index contributed by atoms with van der Waals surface area (Å²) in [6.07, 6.45) is 1.76. The van der Waals surface area contributed by atoms with E-state index in [1.54, 1.807) is 6.08 Å². The molecule has 0 amide bonds. The second kappa shape index (κ2) is 5.21. The molecule has 0 unspecified atom stereocenters. The third-order valence-electron chi connectivity index (χ3n) is 3.46. The Labute approximate surface area is 117 Å². The van der Waals surface area contributed by atoms with Crippen LogP contribution in [0, 0.1) is 0 Å². The van der Waals surface area contributed by atoms with Crippen LogP contribution in [0.5, 0.6) is 0 Å². The fourth-order valence-corrected chi connectivity index (χ4v) is 2.50. The first-order valence-corrected chi connectivity index (χ1v) is 6.56. The van der Waals surface area contributed by atoms with Crippen molar-refractivity contribution in [2.45, 2.75) is 6.54 Å². The minimum absolute atomic E-state index is 0.430. The Balaban J connectivity index is 1.96. The molecule has 1 aliphatic heterocycles. The van der Waals surface area contributed by atoms with Crippen molar-refractivity contribution in [2.75, 3.05) is 11.4 Å². The Hall–Kier alpha value is -2.55. The predicted molar refractivity (Wildman–Crippen MR) is 79.5 cm³/mol. The second-order valence-corrected chi connectivity index (χ2v) is 4.88. The number of benzene rings is 2. The molecule has 3 nitrogen and oxygen atoms in total. The van der Waals surface area contributed by atoms with Crippen LogP contribution in [0.1, 0.15) is 11.1 Å². The van der Waals surface area contributed by atoms with Crippen LogP contribution < -0.4 is 4.90 Å². The molecule has 0 spiro atoms. The summed E-state index contributed by atoms with van der Waals surface area (Å²) in [6, 6.07) is 18.0.